The van der Waals surface area contributed by atoms with Crippen LogP contribution in [-0.4, -0.2) is 45.2 Å². The summed E-state index contributed by atoms with van der Waals surface area (Å²) in [6, 6.07) is 0.980. The molecule has 2 aromatic rings. The molecule has 0 aliphatic heterocycles. The highest BCUT2D eigenvalue weighted by molar-refractivity contribution is 7.08. The lowest BCUT2D eigenvalue weighted by molar-refractivity contribution is -0.141. The number of hydrogen-bond acceptors (Lipinski definition) is 4. The number of likely N-dealkylation sites (N-methyl/N-ethyl adjacent to an activating group) is 1. The van der Waals surface area contributed by atoms with Crippen LogP contribution in [0.25, 0.3) is 11.3 Å². The molecule has 19 heavy (non-hydrogen) atoms. The van der Waals surface area contributed by atoms with Crippen LogP contribution in [0.1, 0.15) is 17.3 Å². The number of carbonyl (C=O) groups is 2. The average molecular weight is 279 g/mol. The second-order valence-corrected chi connectivity index (χ2v) is 4.88. The van der Waals surface area contributed by atoms with Crippen molar-refractivity contribution in [3.8, 4) is 11.3 Å². The smallest absolute Gasteiger partial charge is 0.326 e. The molecule has 0 fully saturated rings. The third-order valence-electron chi connectivity index (χ3n) is 2.94. The molecule has 1 amide bonds. The van der Waals surface area contributed by atoms with Crippen LogP contribution in [-0.2, 0) is 4.79 Å². The van der Waals surface area contributed by atoms with Crippen molar-refractivity contribution in [1.82, 2.24) is 15.1 Å². The normalized spacial score (nSPS) is 12.1. The fraction of sp³-hybridized carbons (Fsp3) is 0.250. The molecule has 0 bridgehead atoms. The third kappa shape index (κ3) is 2.50. The lowest BCUT2D eigenvalue weighted by atomic mass is 10.1. The molecule has 2 aromatic heterocycles. The van der Waals surface area contributed by atoms with E-state index in [9.17, 15) is 9.59 Å². The van der Waals surface area contributed by atoms with Gasteiger partial charge < -0.3 is 10.0 Å². The zero-order valence-corrected chi connectivity index (χ0v) is 11.3. The molecule has 0 spiro atoms. The zero-order valence-electron chi connectivity index (χ0n) is 10.5. The molecule has 7 heteroatoms. The summed E-state index contributed by atoms with van der Waals surface area (Å²) >= 11 is 1.51. The Hall–Kier alpha value is -2.15. The van der Waals surface area contributed by atoms with E-state index < -0.39 is 12.0 Å². The molecular formula is C12H13N3O3S. The fourth-order valence-electron chi connectivity index (χ4n) is 1.61. The number of H-pyrrole nitrogens is 1. The highest BCUT2D eigenvalue weighted by Crippen LogP contribution is 2.24. The summed E-state index contributed by atoms with van der Waals surface area (Å²) < 4.78 is 0. The number of carboxylic acids is 1. The SMILES string of the molecule is CC(C(=O)O)N(C)C(=O)c1cn[nH]c1-c1ccsc1. The number of thiophene rings is 1. The fourth-order valence-corrected chi connectivity index (χ4v) is 2.25. The monoisotopic (exact) mass is 279 g/mol. The van der Waals surface area contributed by atoms with Crippen molar-refractivity contribution in [2.75, 3.05) is 7.05 Å². The van der Waals surface area contributed by atoms with Crippen LogP contribution in [0, 0.1) is 0 Å². The Kier molecular flexibility index (Phi) is 3.66. The standard InChI is InChI=1S/C12H13N3O3S/c1-7(12(17)18)15(2)11(16)9-5-13-14-10(9)8-3-4-19-6-8/h3-7H,1-2H3,(H,13,14)(H,17,18). The van der Waals surface area contributed by atoms with Gasteiger partial charge in [0.25, 0.3) is 5.91 Å². The number of hydrogen-bond donors (Lipinski definition) is 2. The van der Waals surface area contributed by atoms with E-state index in [-0.39, 0.29) is 5.91 Å². The van der Waals surface area contributed by atoms with E-state index in [4.69, 9.17) is 5.11 Å². The highest BCUT2D eigenvalue weighted by atomic mass is 32.1. The van der Waals surface area contributed by atoms with Gasteiger partial charge in [-0.3, -0.25) is 9.89 Å². The van der Waals surface area contributed by atoms with Gasteiger partial charge >= 0.3 is 5.97 Å². The van der Waals surface area contributed by atoms with Crippen molar-refractivity contribution in [3.05, 3.63) is 28.6 Å². The molecular weight excluding hydrogens is 266 g/mol. The Morgan fingerprint density at radius 2 is 2.26 bits per heavy atom. The van der Waals surface area contributed by atoms with Crippen LogP contribution >= 0.6 is 11.3 Å². The van der Waals surface area contributed by atoms with Crippen LogP contribution in [0.2, 0.25) is 0 Å². The van der Waals surface area contributed by atoms with Gasteiger partial charge in [-0.1, -0.05) is 0 Å². The maximum atomic E-state index is 12.3. The van der Waals surface area contributed by atoms with Gasteiger partial charge in [-0.15, -0.1) is 0 Å². The molecule has 6 nitrogen and oxygen atoms in total. The lowest BCUT2D eigenvalue weighted by Crippen LogP contribution is -2.40. The summed E-state index contributed by atoms with van der Waals surface area (Å²) in [7, 11) is 1.46. The van der Waals surface area contributed by atoms with Crippen LogP contribution < -0.4 is 0 Å². The van der Waals surface area contributed by atoms with Crippen molar-refractivity contribution in [2.45, 2.75) is 13.0 Å². The minimum atomic E-state index is -1.04. The van der Waals surface area contributed by atoms with E-state index in [0.29, 0.717) is 11.3 Å². The quantitative estimate of drug-likeness (QED) is 0.891. The average Bonchev–Trinajstić information content (AvgIpc) is 3.05. The molecule has 0 saturated carbocycles. The number of aliphatic carboxylic acids is 1. The van der Waals surface area contributed by atoms with Gasteiger partial charge in [-0.05, 0) is 18.4 Å². The molecule has 100 valence electrons. The third-order valence-corrected chi connectivity index (χ3v) is 3.62. The maximum Gasteiger partial charge on any atom is 0.326 e. The largest absolute Gasteiger partial charge is 0.480 e. The summed E-state index contributed by atoms with van der Waals surface area (Å²) in [4.78, 5) is 24.4. The molecule has 0 saturated heterocycles. The Morgan fingerprint density at radius 1 is 1.53 bits per heavy atom. The molecule has 0 aromatic carbocycles. The Labute approximate surface area is 113 Å². The molecule has 2 N–H and O–H groups in total. The summed E-state index contributed by atoms with van der Waals surface area (Å²) in [5, 5.41) is 19.4. The second-order valence-electron chi connectivity index (χ2n) is 4.10. The summed E-state index contributed by atoms with van der Waals surface area (Å²) in [6.45, 7) is 1.46. The van der Waals surface area contributed by atoms with Gasteiger partial charge in [-0.2, -0.15) is 16.4 Å². The highest BCUT2D eigenvalue weighted by Gasteiger charge is 2.25. The van der Waals surface area contributed by atoms with Crippen molar-refractivity contribution in [2.24, 2.45) is 0 Å². The Morgan fingerprint density at radius 3 is 2.84 bits per heavy atom. The van der Waals surface area contributed by atoms with E-state index in [1.807, 2.05) is 16.8 Å². The van der Waals surface area contributed by atoms with E-state index >= 15 is 0 Å². The molecule has 2 heterocycles. The number of amides is 1. The number of carboxylic acid groups (broad SMARTS) is 1. The first-order chi connectivity index (χ1) is 9.02. The lowest BCUT2D eigenvalue weighted by Gasteiger charge is -2.21. The predicted octanol–water partition coefficient (Wildman–Crippen LogP) is 1.68. The summed E-state index contributed by atoms with van der Waals surface area (Å²) in [5.41, 5.74) is 1.84. The first-order valence-electron chi connectivity index (χ1n) is 5.58. The summed E-state index contributed by atoms with van der Waals surface area (Å²) in [6.07, 6.45) is 1.42. The predicted molar refractivity (Wildman–Crippen MR) is 71.1 cm³/mol. The van der Waals surface area contributed by atoms with Crippen molar-refractivity contribution in [3.63, 3.8) is 0 Å². The van der Waals surface area contributed by atoms with E-state index in [1.54, 1.807) is 0 Å². The Balaban J connectivity index is 2.31. The van der Waals surface area contributed by atoms with E-state index in [2.05, 4.69) is 10.2 Å². The number of aromatic amines is 1. The molecule has 0 aliphatic carbocycles. The van der Waals surface area contributed by atoms with Crippen molar-refractivity contribution in [1.29, 1.82) is 0 Å². The molecule has 2 rings (SSSR count). The minimum Gasteiger partial charge on any atom is -0.480 e. The van der Waals surface area contributed by atoms with Crippen molar-refractivity contribution >= 4 is 23.2 Å². The van der Waals surface area contributed by atoms with Crippen LogP contribution in [0.4, 0.5) is 0 Å². The van der Waals surface area contributed by atoms with Gasteiger partial charge in [0.2, 0.25) is 0 Å². The number of nitrogens with zero attached hydrogens (tertiary/aromatic N) is 2. The maximum absolute atomic E-state index is 12.3. The van der Waals surface area contributed by atoms with Gasteiger partial charge in [-0.25, -0.2) is 4.79 Å². The summed E-state index contributed by atoms with van der Waals surface area (Å²) in [5.74, 6) is -1.42. The minimum absolute atomic E-state index is 0.369. The first kappa shape index (κ1) is 13.3. The number of rotatable bonds is 4. The van der Waals surface area contributed by atoms with Crippen molar-refractivity contribution < 1.29 is 14.7 Å². The van der Waals surface area contributed by atoms with E-state index in [0.717, 1.165) is 5.56 Å². The van der Waals surface area contributed by atoms with Gasteiger partial charge in [0.05, 0.1) is 17.5 Å². The molecule has 0 radical (unpaired) electrons. The molecule has 0 aliphatic rings. The van der Waals surface area contributed by atoms with Crippen LogP contribution in [0.3, 0.4) is 0 Å². The van der Waals surface area contributed by atoms with Crippen LogP contribution in [0.15, 0.2) is 23.0 Å². The van der Waals surface area contributed by atoms with Crippen LogP contribution in [0.5, 0.6) is 0 Å². The van der Waals surface area contributed by atoms with Gasteiger partial charge in [0.15, 0.2) is 0 Å². The number of aromatic nitrogens is 2. The Bertz CT molecular complexity index is 591. The van der Waals surface area contributed by atoms with Gasteiger partial charge in [0, 0.05) is 18.0 Å². The second kappa shape index (κ2) is 5.23. The van der Waals surface area contributed by atoms with E-state index in [1.165, 1.54) is 36.4 Å². The first-order valence-corrected chi connectivity index (χ1v) is 6.52. The molecule has 1 unspecified atom stereocenters. The van der Waals surface area contributed by atoms with Gasteiger partial charge in [0.1, 0.15) is 6.04 Å². The zero-order chi connectivity index (χ0) is 14.0. The topological polar surface area (TPSA) is 86.3 Å². The molecule has 1 atom stereocenters. The number of carbonyl (C=O) groups excluding carboxylic acids is 1. The number of nitrogens with one attached hydrogen (secondary N) is 1.